The van der Waals surface area contributed by atoms with E-state index in [0.29, 0.717) is 5.02 Å². The first-order chi connectivity index (χ1) is 9.63. The van der Waals surface area contributed by atoms with Gasteiger partial charge in [0.05, 0.1) is 13.2 Å². The normalized spacial score (nSPS) is 11.5. The van der Waals surface area contributed by atoms with Gasteiger partial charge in [-0.05, 0) is 30.3 Å². The zero-order valence-electron chi connectivity index (χ0n) is 10.7. The largest absolute Gasteiger partial charge is 0.497 e. The maximum atomic E-state index is 9.36. The van der Waals surface area contributed by atoms with Crippen molar-refractivity contribution in [3.63, 3.8) is 0 Å². The molecule has 1 unspecified atom stereocenters. The van der Waals surface area contributed by atoms with Crippen molar-refractivity contribution in [3.05, 3.63) is 57.5 Å². The molecule has 0 spiro atoms. The lowest BCUT2D eigenvalue weighted by Gasteiger charge is -2.15. The van der Waals surface area contributed by atoms with E-state index in [-0.39, 0.29) is 0 Å². The average Bonchev–Trinajstić information content (AvgIpc) is 2.47. The number of ether oxygens (including phenoxy) is 1. The van der Waals surface area contributed by atoms with Crippen LogP contribution in [-0.2, 0) is 0 Å². The van der Waals surface area contributed by atoms with E-state index in [2.05, 4.69) is 27.3 Å². The summed E-state index contributed by atoms with van der Waals surface area (Å²) in [6.07, 6.45) is 0. The minimum Gasteiger partial charge on any atom is -0.497 e. The number of rotatable bonds is 4. The SMILES string of the molecule is COc1cccc(NC(C#N)c2cc(Br)ccc2Cl)c1. The van der Waals surface area contributed by atoms with Crippen molar-refractivity contribution in [1.82, 2.24) is 0 Å². The van der Waals surface area contributed by atoms with Crippen molar-refractivity contribution in [2.45, 2.75) is 6.04 Å². The van der Waals surface area contributed by atoms with Gasteiger partial charge in [0.2, 0.25) is 0 Å². The Morgan fingerprint density at radius 1 is 1.30 bits per heavy atom. The molecule has 0 bridgehead atoms. The molecule has 1 N–H and O–H groups in total. The zero-order valence-corrected chi connectivity index (χ0v) is 13.1. The van der Waals surface area contributed by atoms with E-state index in [0.717, 1.165) is 21.5 Å². The molecule has 0 saturated carbocycles. The highest BCUT2D eigenvalue weighted by Gasteiger charge is 2.14. The quantitative estimate of drug-likeness (QED) is 0.861. The third-order valence-corrected chi connectivity index (χ3v) is 3.62. The van der Waals surface area contributed by atoms with E-state index < -0.39 is 6.04 Å². The number of hydrogen-bond acceptors (Lipinski definition) is 3. The van der Waals surface area contributed by atoms with Gasteiger partial charge in [0.1, 0.15) is 11.8 Å². The molecule has 2 aromatic rings. The molecule has 0 aliphatic carbocycles. The van der Waals surface area contributed by atoms with E-state index in [4.69, 9.17) is 16.3 Å². The smallest absolute Gasteiger partial charge is 0.141 e. The summed E-state index contributed by atoms with van der Waals surface area (Å²) in [7, 11) is 1.60. The van der Waals surface area contributed by atoms with Crippen LogP contribution in [0.15, 0.2) is 46.9 Å². The monoisotopic (exact) mass is 350 g/mol. The molecule has 2 aromatic carbocycles. The van der Waals surface area contributed by atoms with Crippen molar-refractivity contribution in [2.24, 2.45) is 0 Å². The van der Waals surface area contributed by atoms with Gasteiger partial charge >= 0.3 is 0 Å². The highest BCUT2D eigenvalue weighted by molar-refractivity contribution is 9.10. The summed E-state index contributed by atoms with van der Waals surface area (Å²) in [4.78, 5) is 0. The number of nitriles is 1. The second-order valence-electron chi connectivity index (χ2n) is 4.10. The van der Waals surface area contributed by atoms with Gasteiger partial charge in [-0.3, -0.25) is 0 Å². The lowest BCUT2D eigenvalue weighted by molar-refractivity contribution is 0.415. The molecule has 0 amide bonds. The molecule has 3 nitrogen and oxygen atoms in total. The summed E-state index contributed by atoms with van der Waals surface area (Å²) < 4.78 is 6.04. The molecule has 0 fully saturated rings. The van der Waals surface area contributed by atoms with Crippen LogP contribution in [-0.4, -0.2) is 7.11 Å². The molecular weight excluding hydrogens is 340 g/mol. The van der Waals surface area contributed by atoms with Gasteiger partial charge in [0.25, 0.3) is 0 Å². The predicted octanol–water partition coefficient (Wildman–Crippen LogP) is 4.79. The second kappa shape index (κ2) is 6.65. The Bertz CT molecular complexity index is 655. The Morgan fingerprint density at radius 2 is 2.10 bits per heavy atom. The van der Waals surface area contributed by atoms with Crippen LogP contribution in [0.3, 0.4) is 0 Å². The van der Waals surface area contributed by atoms with E-state index in [1.54, 1.807) is 13.2 Å². The Labute approximate surface area is 131 Å². The Morgan fingerprint density at radius 3 is 2.80 bits per heavy atom. The summed E-state index contributed by atoms with van der Waals surface area (Å²) >= 11 is 9.54. The third-order valence-electron chi connectivity index (χ3n) is 2.78. The predicted molar refractivity (Wildman–Crippen MR) is 84.1 cm³/mol. The molecule has 102 valence electrons. The van der Waals surface area contributed by atoms with Crippen LogP contribution >= 0.6 is 27.5 Å². The van der Waals surface area contributed by atoms with E-state index in [9.17, 15) is 5.26 Å². The van der Waals surface area contributed by atoms with Crippen LogP contribution in [0.25, 0.3) is 0 Å². The maximum absolute atomic E-state index is 9.36. The molecule has 0 heterocycles. The average molecular weight is 352 g/mol. The molecule has 0 radical (unpaired) electrons. The Balaban J connectivity index is 2.29. The lowest BCUT2D eigenvalue weighted by Crippen LogP contribution is -2.09. The molecule has 20 heavy (non-hydrogen) atoms. The summed E-state index contributed by atoms with van der Waals surface area (Å²) in [5.74, 6) is 0.729. The van der Waals surface area contributed by atoms with Crippen molar-refractivity contribution in [3.8, 4) is 11.8 Å². The highest BCUT2D eigenvalue weighted by Crippen LogP contribution is 2.29. The molecule has 2 rings (SSSR count). The number of nitrogens with one attached hydrogen (secondary N) is 1. The van der Waals surface area contributed by atoms with Crippen molar-refractivity contribution >= 4 is 33.2 Å². The Hall–Kier alpha value is -1.70. The number of halogens is 2. The number of hydrogen-bond donors (Lipinski definition) is 1. The molecule has 0 saturated heterocycles. The van der Waals surface area contributed by atoms with Crippen LogP contribution in [0.4, 0.5) is 5.69 Å². The second-order valence-corrected chi connectivity index (χ2v) is 5.43. The van der Waals surface area contributed by atoms with E-state index in [1.165, 1.54) is 0 Å². The van der Waals surface area contributed by atoms with E-state index in [1.807, 2.05) is 36.4 Å². The van der Waals surface area contributed by atoms with Crippen LogP contribution in [0.2, 0.25) is 5.02 Å². The highest BCUT2D eigenvalue weighted by atomic mass is 79.9. The van der Waals surface area contributed by atoms with Crippen LogP contribution < -0.4 is 10.1 Å². The number of nitrogens with zero attached hydrogens (tertiary/aromatic N) is 1. The van der Waals surface area contributed by atoms with Crippen LogP contribution in [0.5, 0.6) is 5.75 Å². The first-order valence-electron chi connectivity index (χ1n) is 5.89. The van der Waals surface area contributed by atoms with E-state index >= 15 is 0 Å². The first kappa shape index (κ1) is 14.7. The van der Waals surface area contributed by atoms with Crippen molar-refractivity contribution in [2.75, 3.05) is 12.4 Å². The Kier molecular flexibility index (Phi) is 4.89. The lowest BCUT2D eigenvalue weighted by atomic mass is 10.1. The van der Waals surface area contributed by atoms with Gasteiger partial charge in [0, 0.05) is 26.8 Å². The van der Waals surface area contributed by atoms with Gasteiger partial charge in [-0.1, -0.05) is 33.6 Å². The fourth-order valence-corrected chi connectivity index (χ4v) is 2.40. The fourth-order valence-electron chi connectivity index (χ4n) is 1.79. The van der Waals surface area contributed by atoms with Gasteiger partial charge in [-0.25, -0.2) is 0 Å². The summed E-state index contributed by atoms with van der Waals surface area (Å²) in [5, 5.41) is 13.1. The van der Waals surface area contributed by atoms with Gasteiger partial charge < -0.3 is 10.1 Å². The molecule has 1 atom stereocenters. The van der Waals surface area contributed by atoms with Crippen LogP contribution in [0.1, 0.15) is 11.6 Å². The zero-order chi connectivity index (χ0) is 14.5. The van der Waals surface area contributed by atoms with Gasteiger partial charge in [0.15, 0.2) is 0 Å². The summed E-state index contributed by atoms with van der Waals surface area (Å²) in [6, 6.07) is 14.5. The first-order valence-corrected chi connectivity index (χ1v) is 7.06. The van der Waals surface area contributed by atoms with Gasteiger partial charge in [-0.15, -0.1) is 0 Å². The molecule has 0 aliphatic rings. The number of anilines is 1. The number of methoxy groups -OCH3 is 1. The minimum atomic E-state index is -0.535. The van der Waals surface area contributed by atoms with Crippen molar-refractivity contribution < 1.29 is 4.74 Å². The number of benzene rings is 2. The molecule has 0 aliphatic heterocycles. The summed E-state index contributed by atoms with van der Waals surface area (Å²) in [6.45, 7) is 0. The topological polar surface area (TPSA) is 45.0 Å². The molecule has 0 aromatic heterocycles. The standard InChI is InChI=1S/C15H12BrClN2O/c1-20-12-4-2-3-11(8-12)19-15(9-18)13-7-10(16)5-6-14(13)17/h2-8,15,19H,1H3. The summed E-state index contributed by atoms with van der Waals surface area (Å²) in [5.41, 5.74) is 1.53. The maximum Gasteiger partial charge on any atom is 0.141 e. The van der Waals surface area contributed by atoms with Crippen molar-refractivity contribution in [1.29, 1.82) is 5.26 Å². The third kappa shape index (κ3) is 3.44. The fraction of sp³-hybridized carbons (Fsp3) is 0.133. The van der Waals surface area contributed by atoms with Crippen LogP contribution in [0, 0.1) is 11.3 Å². The van der Waals surface area contributed by atoms with Gasteiger partial charge in [-0.2, -0.15) is 5.26 Å². The molecular formula is C15H12BrClN2O. The minimum absolute atomic E-state index is 0.535. The molecule has 5 heteroatoms.